The number of nitrogens with one attached hydrogen (secondary N) is 2. The normalized spacial score (nSPS) is 14.1. The number of hydrogen-bond acceptors (Lipinski definition) is 4. The topological polar surface area (TPSA) is 86.3 Å². The summed E-state index contributed by atoms with van der Waals surface area (Å²) in [5.41, 5.74) is 0.912. The Labute approximate surface area is 152 Å². The second-order valence-corrected chi connectivity index (χ2v) is 9.76. The molecule has 142 valence electrons. The molecule has 1 atom stereocenters. The van der Waals surface area contributed by atoms with E-state index in [1.54, 1.807) is 27.7 Å². The van der Waals surface area contributed by atoms with Crippen LogP contribution in [0.3, 0.4) is 0 Å². The van der Waals surface area contributed by atoms with Crippen LogP contribution in [0.25, 0.3) is 10.9 Å². The zero-order valence-electron chi connectivity index (χ0n) is 15.8. The highest BCUT2D eigenvalue weighted by Crippen LogP contribution is 2.33. The van der Waals surface area contributed by atoms with Gasteiger partial charge in [-0.25, -0.2) is 9.18 Å². The van der Waals surface area contributed by atoms with Crippen molar-refractivity contribution in [2.24, 2.45) is 0 Å². The summed E-state index contributed by atoms with van der Waals surface area (Å²) in [5, 5.41) is 8.39. The van der Waals surface area contributed by atoms with Crippen LogP contribution >= 0.6 is 0 Å². The number of amides is 1. The summed E-state index contributed by atoms with van der Waals surface area (Å²) in [4.78, 5) is 16.6. The van der Waals surface area contributed by atoms with E-state index < -0.39 is 27.0 Å². The van der Waals surface area contributed by atoms with Crippen molar-refractivity contribution in [3.63, 3.8) is 0 Å². The predicted octanol–water partition coefficient (Wildman–Crippen LogP) is 3.66. The Bertz CT molecular complexity index is 1000. The van der Waals surface area contributed by atoms with Gasteiger partial charge in [0, 0.05) is 39.5 Å². The SMILES string of the molecule is C=S(C)(=O)C(=N)c1c(C)[nH]c2c(N(C)C(=O)OC(C)(C)C)cc(F)cc12. The van der Waals surface area contributed by atoms with Gasteiger partial charge in [-0.05, 0) is 45.7 Å². The molecule has 2 rings (SSSR count). The van der Waals surface area contributed by atoms with E-state index in [9.17, 15) is 13.4 Å². The average molecular weight is 381 g/mol. The third-order valence-corrected chi connectivity index (χ3v) is 4.79. The number of hydrogen-bond donors (Lipinski definition) is 2. The number of carbonyl (C=O) groups is 1. The molecular formula is C18H24FN3O3S. The van der Waals surface area contributed by atoms with E-state index in [0.717, 1.165) is 0 Å². The molecule has 1 amide bonds. The first-order valence-corrected chi connectivity index (χ1v) is 10.1. The van der Waals surface area contributed by atoms with Crippen molar-refractivity contribution in [3.8, 4) is 0 Å². The number of aromatic nitrogens is 1. The Morgan fingerprint density at radius 1 is 1.38 bits per heavy atom. The van der Waals surface area contributed by atoms with Gasteiger partial charge in [-0.3, -0.25) is 14.5 Å². The standard InChI is InChI=1S/C18H24FN3O3S/c1-10-14(16(20)26(6,7)24)12-8-11(19)9-13(15(12)21-10)22(5)17(23)25-18(2,3)4/h8-9,20-21H,6H2,1-5,7H3. The molecule has 0 saturated carbocycles. The molecule has 0 radical (unpaired) electrons. The Balaban J connectivity index is 2.67. The molecule has 1 unspecified atom stereocenters. The Morgan fingerprint density at radius 3 is 2.46 bits per heavy atom. The van der Waals surface area contributed by atoms with Crippen LogP contribution in [-0.2, 0) is 14.3 Å². The molecule has 0 saturated heterocycles. The van der Waals surface area contributed by atoms with Crippen LogP contribution < -0.4 is 4.90 Å². The van der Waals surface area contributed by atoms with Crippen LogP contribution in [-0.4, -0.2) is 45.1 Å². The van der Waals surface area contributed by atoms with Gasteiger partial charge in [0.05, 0.1) is 11.2 Å². The highest BCUT2D eigenvalue weighted by molar-refractivity contribution is 8.13. The monoisotopic (exact) mass is 381 g/mol. The van der Waals surface area contributed by atoms with Gasteiger partial charge in [-0.1, -0.05) is 0 Å². The quantitative estimate of drug-likeness (QED) is 0.473. The lowest BCUT2D eigenvalue weighted by Gasteiger charge is -2.25. The number of carbonyl (C=O) groups excluding carboxylic acids is 1. The maximum Gasteiger partial charge on any atom is 0.414 e. The predicted molar refractivity (Wildman–Crippen MR) is 106 cm³/mol. The van der Waals surface area contributed by atoms with Gasteiger partial charge in [-0.15, -0.1) is 0 Å². The zero-order valence-corrected chi connectivity index (χ0v) is 16.6. The highest BCUT2D eigenvalue weighted by Gasteiger charge is 2.25. The molecule has 26 heavy (non-hydrogen) atoms. The molecule has 0 aliphatic carbocycles. The number of aryl methyl sites for hydroxylation is 1. The first-order valence-electron chi connectivity index (χ1n) is 7.92. The summed E-state index contributed by atoms with van der Waals surface area (Å²) in [6.45, 7) is 6.92. The summed E-state index contributed by atoms with van der Waals surface area (Å²) in [7, 11) is -1.31. The minimum Gasteiger partial charge on any atom is -0.443 e. The number of H-pyrrole nitrogens is 1. The van der Waals surface area contributed by atoms with Crippen molar-refractivity contribution in [2.75, 3.05) is 18.2 Å². The first-order chi connectivity index (χ1) is 11.7. The maximum atomic E-state index is 14.3. The van der Waals surface area contributed by atoms with Crippen molar-refractivity contribution in [1.82, 2.24) is 4.98 Å². The number of ether oxygens (including phenoxy) is 1. The first kappa shape index (κ1) is 20.0. The van der Waals surface area contributed by atoms with Crippen LogP contribution in [0.4, 0.5) is 14.9 Å². The van der Waals surface area contributed by atoms with Crippen molar-refractivity contribution in [1.29, 1.82) is 5.41 Å². The van der Waals surface area contributed by atoms with Gasteiger partial charge < -0.3 is 9.72 Å². The van der Waals surface area contributed by atoms with Gasteiger partial charge in [0.15, 0.2) is 0 Å². The van der Waals surface area contributed by atoms with Crippen molar-refractivity contribution in [3.05, 3.63) is 29.2 Å². The molecule has 0 aliphatic rings. The molecule has 6 nitrogen and oxygen atoms in total. The molecule has 8 heteroatoms. The number of halogens is 1. The molecule has 2 N–H and O–H groups in total. The molecule has 0 bridgehead atoms. The molecule has 0 spiro atoms. The van der Waals surface area contributed by atoms with Crippen LogP contribution in [0, 0.1) is 18.2 Å². The molecule has 1 aromatic heterocycles. The third kappa shape index (κ3) is 3.90. The largest absolute Gasteiger partial charge is 0.443 e. The fourth-order valence-corrected chi connectivity index (χ4v) is 3.27. The van der Waals surface area contributed by atoms with Crippen LogP contribution in [0.1, 0.15) is 32.0 Å². The number of fused-ring (bicyclic) bond motifs is 1. The fraction of sp³-hybridized carbons (Fsp3) is 0.389. The average Bonchev–Trinajstić information content (AvgIpc) is 2.77. The molecule has 1 heterocycles. The summed E-state index contributed by atoms with van der Waals surface area (Å²) in [6.07, 6.45) is 0.727. The number of rotatable bonds is 2. The lowest BCUT2D eigenvalue weighted by Crippen LogP contribution is -2.34. The summed E-state index contributed by atoms with van der Waals surface area (Å²) in [6, 6.07) is 2.46. The Morgan fingerprint density at radius 2 is 1.96 bits per heavy atom. The number of aromatic amines is 1. The minimum absolute atomic E-state index is 0.169. The molecule has 0 aliphatic heterocycles. The third-order valence-electron chi connectivity index (χ3n) is 3.73. The van der Waals surface area contributed by atoms with Crippen LogP contribution in [0.2, 0.25) is 0 Å². The lowest BCUT2D eigenvalue weighted by atomic mass is 10.1. The van der Waals surface area contributed by atoms with E-state index in [0.29, 0.717) is 22.2 Å². The van der Waals surface area contributed by atoms with Gasteiger partial charge in [0.2, 0.25) is 0 Å². The maximum absolute atomic E-state index is 14.3. The van der Waals surface area contributed by atoms with Gasteiger partial charge in [0.1, 0.15) is 16.5 Å². The Hall–Kier alpha value is -2.35. The van der Waals surface area contributed by atoms with Crippen LogP contribution in [0.5, 0.6) is 0 Å². The number of anilines is 1. The van der Waals surface area contributed by atoms with E-state index >= 15 is 0 Å². The minimum atomic E-state index is -2.79. The molecular weight excluding hydrogens is 357 g/mol. The van der Waals surface area contributed by atoms with Gasteiger partial charge in [0.25, 0.3) is 0 Å². The van der Waals surface area contributed by atoms with Crippen molar-refractivity contribution < 1.29 is 18.1 Å². The van der Waals surface area contributed by atoms with Crippen LogP contribution in [0.15, 0.2) is 12.1 Å². The van der Waals surface area contributed by atoms with E-state index in [1.807, 2.05) is 0 Å². The number of benzene rings is 1. The second kappa shape index (κ2) is 6.42. The molecule has 1 aromatic carbocycles. The van der Waals surface area contributed by atoms with Crippen molar-refractivity contribution >= 4 is 43.1 Å². The number of nitrogens with zero attached hydrogens (tertiary/aromatic N) is 1. The van der Waals surface area contributed by atoms with Gasteiger partial charge >= 0.3 is 6.09 Å². The molecule has 0 fully saturated rings. The zero-order chi connectivity index (χ0) is 20.0. The summed E-state index contributed by atoms with van der Waals surface area (Å²) in [5.74, 6) is 2.95. The summed E-state index contributed by atoms with van der Waals surface area (Å²) >= 11 is 0. The van der Waals surface area contributed by atoms with Gasteiger partial charge in [-0.2, -0.15) is 0 Å². The second-order valence-electron chi connectivity index (χ2n) is 7.35. The van der Waals surface area contributed by atoms with Crippen molar-refractivity contribution in [2.45, 2.75) is 33.3 Å². The fourth-order valence-electron chi connectivity index (χ4n) is 2.57. The van der Waals surface area contributed by atoms with E-state index in [2.05, 4.69) is 10.9 Å². The summed E-state index contributed by atoms with van der Waals surface area (Å²) < 4.78 is 31.8. The van der Waals surface area contributed by atoms with E-state index in [-0.39, 0.29) is 10.7 Å². The highest BCUT2D eigenvalue weighted by atomic mass is 32.2. The Kier molecular flexibility index (Phi) is 4.93. The van der Waals surface area contributed by atoms with E-state index in [4.69, 9.17) is 10.1 Å². The lowest BCUT2D eigenvalue weighted by molar-refractivity contribution is 0.0589. The smallest absolute Gasteiger partial charge is 0.414 e. The van der Waals surface area contributed by atoms with E-state index in [1.165, 1.54) is 30.3 Å². The molecule has 2 aromatic rings.